The van der Waals surface area contributed by atoms with E-state index in [2.05, 4.69) is 31.9 Å². The summed E-state index contributed by atoms with van der Waals surface area (Å²) in [4.78, 5) is 32.5. The topological polar surface area (TPSA) is 125 Å². The summed E-state index contributed by atoms with van der Waals surface area (Å²) in [6, 6.07) is 4.15. The Kier molecular flexibility index (Phi) is 10.5. The molecule has 10 nitrogen and oxygen atoms in total. The first-order valence-electron chi connectivity index (χ1n) is 10.7. The lowest BCUT2D eigenvalue weighted by molar-refractivity contribution is -0.134. The van der Waals surface area contributed by atoms with Crippen LogP contribution in [0.25, 0.3) is 0 Å². The standard InChI is InChI=1S/C19H26N4O2.C4H4O4/c1-3-24-18-10-16(12-20-14-18)22-6-5-7-23(9-8-22)17-11-19(25-4-2)15-21-13-17;5-3(6)1-2-4(7)8/h10-15H,3-9H2,1-2H3;1-2H,(H,5,6)(H,7,8)/b;2-1+. The maximum absolute atomic E-state index is 9.55. The first-order valence-corrected chi connectivity index (χ1v) is 10.7. The lowest BCUT2D eigenvalue weighted by Crippen LogP contribution is -2.30. The van der Waals surface area contributed by atoms with E-state index in [-0.39, 0.29) is 0 Å². The molecule has 1 saturated heterocycles. The molecule has 0 radical (unpaired) electrons. The van der Waals surface area contributed by atoms with Crippen LogP contribution in [0.1, 0.15) is 20.3 Å². The van der Waals surface area contributed by atoms with Crippen molar-refractivity contribution < 1.29 is 29.3 Å². The van der Waals surface area contributed by atoms with Gasteiger partial charge in [0.15, 0.2) is 0 Å². The minimum atomic E-state index is -1.26. The number of carbonyl (C=O) groups is 2. The largest absolute Gasteiger partial charge is 0.492 e. The molecule has 0 aromatic carbocycles. The highest BCUT2D eigenvalue weighted by molar-refractivity contribution is 5.89. The van der Waals surface area contributed by atoms with Gasteiger partial charge < -0.3 is 29.5 Å². The molecule has 0 aliphatic carbocycles. The van der Waals surface area contributed by atoms with E-state index in [1.807, 2.05) is 26.2 Å². The number of hydrogen-bond acceptors (Lipinski definition) is 8. The molecule has 2 N–H and O–H groups in total. The van der Waals surface area contributed by atoms with Crippen molar-refractivity contribution in [2.45, 2.75) is 20.3 Å². The van der Waals surface area contributed by atoms with E-state index in [0.717, 1.165) is 55.5 Å². The highest BCUT2D eigenvalue weighted by atomic mass is 16.5. The molecule has 1 aliphatic heterocycles. The second-order valence-electron chi connectivity index (χ2n) is 6.96. The van der Waals surface area contributed by atoms with Crippen LogP contribution < -0.4 is 19.3 Å². The fraction of sp³-hybridized carbons (Fsp3) is 0.391. The Hall–Kier alpha value is -3.82. The summed E-state index contributed by atoms with van der Waals surface area (Å²) in [7, 11) is 0. The summed E-state index contributed by atoms with van der Waals surface area (Å²) < 4.78 is 11.1. The molecule has 10 heteroatoms. The van der Waals surface area contributed by atoms with Crippen molar-refractivity contribution in [1.82, 2.24) is 9.97 Å². The minimum Gasteiger partial charge on any atom is -0.492 e. The average molecular weight is 459 g/mol. The van der Waals surface area contributed by atoms with Gasteiger partial charge in [-0.3, -0.25) is 9.97 Å². The molecule has 0 atom stereocenters. The van der Waals surface area contributed by atoms with Crippen LogP contribution in [0, 0.1) is 0 Å². The third kappa shape index (κ3) is 9.06. The number of carboxylic acid groups (broad SMARTS) is 2. The average Bonchev–Trinajstić information content (AvgIpc) is 3.06. The number of carboxylic acids is 2. The SMILES string of the molecule is CCOc1cncc(N2CCCN(c3cncc(OCC)c3)CC2)c1.O=C(O)/C=C/C(=O)O. The lowest BCUT2D eigenvalue weighted by atomic mass is 10.3. The molecule has 2 aromatic rings. The normalized spacial score (nSPS) is 13.6. The van der Waals surface area contributed by atoms with Gasteiger partial charge in [0.25, 0.3) is 0 Å². The third-order valence-corrected chi connectivity index (χ3v) is 4.61. The monoisotopic (exact) mass is 458 g/mol. The van der Waals surface area contributed by atoms with Crippen LogP contribution in [0.2, 0.25) is 0 Å². The summed E-state index contributed by atoms with van der Waals surface area (Å²) in [6.07, 6.45) is 9.55. The molecule has 0 unspecified atom stereocenters. The van der Waals surface area contributed by atoms with Gasteiger partial charge in [-0.2, -0.15) is 0 Å². The number of rotatable bonds is 8. The van der Waals surface area contributed by atoms with Gasteiger partial charge in [0.2, 0.25) is 0 Å². The van der Waals surface area contributed by atoms with E-state index in [1.54, 1.807) is 12.4 Å². The summed E-state index contributed by atoms with van der Waals surface area (Å²) in [5, 5.41) is 15.6. The highest BCUT2D eigenvalue weighted by Gasteiger charge is 2.17. The molecular formula is C23H30N4O6. The number of pyridine rings is 2. The van der Waals surface area contributed by atoms with Crippen LogP contribution in [-0.2, 0) is 9.59 Å². The fourth-order valence-electron chi connectivity index (χ4n) is 3.23. The summed E-state index contributed by atoms with van der Waals surface area (Å²) in [5.41, 5.74) is 2.24. The molecule has 0 spiro atoms. The van der Waals surface area contributed by atoms with Crippen molar-refractivity contribution in [1.29, 1.82) is 0 Å². The van der Waals surface area contributed by atoms with E-state index in [0.29, 0.717) is 25.4 Å². The number of aliphatic carboxylic acids is 2. The number of anilines is 2. The number of aromatic nitrogens is 2. The van der Waals surface area contributed by atoms with Gasteiger partial charge in [-0.05, 0) is 20.3 Å². The Labute approximate surface area is 193 Å². The molecule has 0 bridgehead atoms. The molecule has 3 rings (SSSR count). The zero-order valence-electron chi connectivity index (χ0n) is 18.9. The zero-order valence-corrected chi connectivity index (χ0v) is 18.9. The van der Waals surface area contributed by atoms with E-state index < -0.39 is 11.9 Å². The first-order chi connectivity index (χ1) is 15.9. The van der Waals surface area contributed by atoms with Crippen molar-refractivity contribution >= 4 is 23.3 Å². The summed E-state index contributed by atoms with van der Waals surface area (Å²) in [6.45, 7) is 9.18. The molecule has 33 heavy (non-hydrogen) atoms. The molecule has 178 valence electrons. The first kappa shape index (κ1) is 25.4. The summed E-state index contributed by atoms with van der Waals surface area (Å²) >= 11 is 0. The van der Waals surface area contributed by atoms with E-state index >= 15 is 0 Å². The Balaban J connectivity index is 0.000000414. The molecule has 1 aliphatic rings. The predicted molar refractivity (Wildman–Crippen MR) is 124 cm³/mol. The van der Waals surface area contributed by atoms with Crippen LogP contribution >= 0.6 is 0 Å². The highest BCUT2D eigenvalue weighted by Crippen LogP contribution is 2.24. The Morgan fingerprint density at radius 2 is 1.24 bits per heavy atom. The number of ether oxygens (including phenoxy) is 2. The van der Waals surface area contributed by atoms with E-state index in [1.165, 1.54) is 0 Å². The maximum atomic E-state index is 9.55. The molecule has 1 fully saturated rings. The maximum Gasteiger partial charge on any atom is 0.328 e. The van der Waals surface area contributed by atoms with Gasteiger partial charge in [-0.1, -0.05) is 0 Å². The van der Waals surface area contributed by atoms with E-state index in [4.69, 9.17) is 19.7 Å². The third-order valence-electron chi connectivity index (χ3n) is 4.61. The van der Waals surface area contributed by atoms with E-state index in [9.17, 15) is 9.59 Å². The van der Waals surface area contributed by atoms with Gasteiger partial charge >= 0.3 is 11.9 Å². The van der Waals surface area contributed by atoms with Crippen molar-refractivity contribution in [3.05, 3.63) is 49.1 Å². The molecule has 0 amide bonds. The predicted octanol–water partition coefficient (Wildman–Crippen LogP) is 2.70. The van der Waals surface area contributed by atoms with Gasteiger partial charge in [-0.25, -0.2) is 9.59 Å². The van der Waals surface area contributed by atoms with Gasteiger partial charge in [0.1, 0.15) is 11.5 Å². The molecule has 3 heterocycles. The second kappa shape index (κ2) is 13.6. The van der Waals surface area contributed by atoms with Gasteiger partial charge in [-0.15, -0.1) is 0 Å². The Morgan fingerprint density at radius 1 is 0.818 bits per heavy atom. The second-order valence-corrected chi connectivity index (χ2v) is 6.96. The summed E-state index contributed by atoms with van der Waals surface area (Å²) in [5.74, 6) is -0.857. The Morgan fingerprint density at radius 3 is 1.61 bits per heavy atom. The van der Waals surface area contributed by atoms with Crippen LogP contribution in [0.4, 0.5) is 11.4 Å². The van der Waals surface area contributed by atoms with Crippen molar-refractivity contribution in [3.8, 4) is 11.5 Å². The van der Waals surface area contributed by atoms with Crippen molar-refractivity contribution in [2.75, 3.05) is 49.2 Å². The van der Waals surface area contributed by atoms with Gasteiger partial charge in [0.05, 0.1) is 49.4 Å². The minimum absolute atomic E-state index is 0.558. The number of hydrogen-bond donors (Lipinski definition) is 2. The van der Waals surface area contributed by atoms with Crippen LogP contribution in [0.5, 0.6) is 11.5 Å². The van der Waals surface area contributed by atoms with Crippen molar-refractivity contribution in [2.24, 2.45) is 0 Å². The van der Waals surface area contributed by atoms with Crippen LogP contribution in [0.3, 0.4) is 0 Å². The van der Waals surface area contributed by atoms with Crippen molar-refractivity contribution in [3.63, 3.8) is 0 Å². The number of nitrogens with zero attached hydrogens (tertiary/aromatic N) is 4. The Bertz CT molecular complexity index is 863. The van der Waals surface area contributed by atoms with Gasteiger partial charge in [0, 0.05) is 50.5 Å². The quantitative estimate of drug-likeness (QED) is 0.570. The molecular weight excluding hydrogens is 428 g/mol. The zero-order chi connectivity index (χ0) is 24.1. The fourth-order valence-corrected chi connectivity index (χ4v) is 3.23. The lowest BCUT2D eigenvalue weighted by Gasteiger charge is -2.25. The molecule has 0 saturated carbocycles. The van der Waals surface area contributed by atoms with Crippen LogP contribution in [-0.4, -0.2) is 71.5 Å². The smallest absolute Gasteiger partial charge is 0.328 e. The van der Waals surface area contributed by atoms with Crippen LogP contribution in [0.15, 0.2) is 49.1 Å². The molecule has 2 aromatic heterocycles.